The van der Waals surface area contributed by atoms with Crippen molar-refractivity contribution in [1.82, 2.24) is 19.6 Å². The molecule has 1 atom stereocenters. The minimum atomic E-state index is -1.42. The first-order valence-electron chi connectivity index (χ1n) is 8.91. The van der Waals surface area contributed by atoms with Gasteiger partial charge in [-0.3, -0.25) is 9.20 Å². The number of hydrogen-bond acceptors (Lipinski definition) is 5. The highest BCUT2D eigenvalue weighted by Crippen LogP contribution is 2.24. The van der Waals surface area contributed by atoms with E-state index in [1.165, 1.54) is 12.1 Å². The van der Waals surface area contributed by atoms with Gasteiger partial charge >= 0.3 is 0 Å². The number of imidazole rings is 1. The van der Waals surface area contributed by atoms with Crippen molar-refractivity contribution in [3.63, 3.8) is 0 Å². The molecule has 2 aromatic heterocycles. The second-order valence-corrected chi connectivity index (χ2v) is 7.79. The van der Waals surface area contributed by atoms with Gasteiger partial charge in [-0.1, -0.05) is 12.1 Å². The first-order chi connectivity index (χ1) is 13.0. The lowest BCUT2D eigenvalue weighted by Gasteiger charge is -2.38. The van der Waals surface area contributed by atoms with Crippen LogP contribution in [-0.4, -0.2) is 44.0 Å². The molecule has 3 aromatic rings. The summed E-state index contributed by atoms with van der Waals surface area (Å²) in [6, 6.07) is 6.10. The molecule has 27 heavy (non-hydrogen) atoms. The van der Waals surface area contributed by atoms with Crippen LogP contribution in [0.15, 0.2) is 42.0 Å². The number of carbonyl (C=O) groups is 1. The standard InChI is InChI=1S/C19H21FN4O2S/c20-15-4-2-14(3-5-15)11-23-7-1-6-19(26,17(23)25)13-21-10-16-12-24-8-9-27-18(24)22-16/h2-5,8-9,12,21,26H,1,6-7,10-11,13H2/t19-/m0/s1. The predicted octanol–water partition coefficient (Wildman–Crippen LogP) is 2.18. The quantitative estimate of drug-likeness (QED) is 0.679. The number of carbonyl (C=O) groups excluding carboxylic acids is 1. The summed E-state index contributed by atoms with van der Waals surface area (Å²) >= 11 is 1.56. The van der Waals surface area contributed by atoms with Gasteiger partial charge in [0.1, 0.15) is 5.82 Å². The monoisotopic (exact) mass is 388 g/mol. The van der Waals surface area contributed by atoms with Crippen LogP contribution in [0.4, 0.5) is 4.39 Å². The second-order valence-electron chi connectivity index (χ2n) is 6.92. The molecule has 0 aliphatic carbocycles. The zero-order chi connectivity index (χ0) is 18.9. The van der Waals surface area contributed by atoms with E-state index in [1.54, 1.807) is 28.4 Å². The van der Waals surface area contributed by atoms with Crippen molar-refractivity contribution in [2.75, 3.05) is 13.1 Å². The van der Waals surface area contributed by atoms with Crippen LogP contribution in [0.2, 0.25) is 0 Å². The number of hydrogen-bond donors (Lipinski definition) is 2. The largest absolute Gasteiger partial charge is 0.379 e. The Morgan fingerprint density at radius 1 is 1.33 bits per heavy atom. The van der Waals surface area contributed by atoms with Crippen molar-refractivity contribution >= 4 is 22.2 Å². The number of aromatic nitrogens is 2. The van der Waals surface area contributed by atoms with E-state index in [-0.39, 0.29) is 18.3 Å². The number of thiazole rings is 1. The molecule has 0 saturated carbocycles. The minimum absolute atomic E-state index is 0.178. The van der Waals surface area contributed by atoms with Gasteiger partial charge in [-0.15, -0.1) is 11.3 Å². The summed E-state index contributed by atoms with van der Waals surface area (Å²) in [5.41, 5.74) is 0.298. The lowest BCUT2D eigenvalue weighted by atomic mass is 9.91. The van der Waals surface area contributed by atoms with E-state index in [1.807, 2.05) is 22.2 Å². The van der Waals surface area contributed by atoms with Crippen LogP contribution in [0, 0.1) is 5.82 Å². The van der Waals surface area contributed by atoms with E-state index < -0.39 is 5.60 Å². The summed E-state index contributed by atoms with van der Waals surface area (Å²) in [5, 5.41) is 16.0. The molecule has 142 valence electrons. The Hall–Kier alpha value is -2.29. The van der Waals surface area contributed by atoms with Crippen LogP contribution < -0.4 is 5.32 Å². The molecular weight excluding hydrogens is 367 g/mol. The molecule has 1 aromatic carbocycles. The number of rotatable bonds is 6. The maximum absolute atomic E-state index is 13.1. The van der Waals surface area contributed by atoms with Gasteiger partial charge in [-0.25, -0.2) is 9.37 Å². The van der Waals surface area contributed by atoms with Crippen LogP contribution in [0.5, 0.6) is 0 Å². The number of aliphatic hydroxyl groups is 1. The van der Waals surface area contributed by atoms with Crippen molar-refractivity contribution in [2.24, 2.45) is 0 Å². The van der Waals surface area contributed by atoms with Crippen LogP contribution in [0.25, 0.3) is 4.96 Å². The third-order valence-corrected chi connectivity index (χ3v) is 5.63. The predicted molar refractivity (Wildman–Crippen MR) is 101 cm³/mol. The topological polar surface area (TPSA) is 69.9 Å². The summed E-state index contributed by atoms with van der Waals surface area (Å²) in [6.45, 7) is 1.63. The summed E-state index contributed by atoms with van der Waals surface area (Å²) in [7, 11) is 0. The van der Waals surface area contributed by atoms with E-state index in [0.29, 0.717) is 26.1 Å². The molecule has 1 amide bonds. The van der Waals surface area contributed by atoms with Gasteiger partial charge in [-0.05, 0) is 30.5 Å². The highest BCUT2D eigenvalue weighted by atomic mass is 32.1. The third-order valence-electron chi connectivity index (χ3n) is 4.86. The summed E-state index contributed by atoms with van der Waals surface area (Å²) < 4.78 is 15.0. The Labute approximate surface area is 160 Å². The van der Waals surface area contributed by atoms with Gasteiger partial charge in [0, 0.05) is 44.0 Å². The maximum atomic E-state index is 13.1. The molecule has 1 saturated heterocycles. The van der Waals surface area contributed by atoms with Gasteiger partial charge in [0.05, 0.1) is 5.69 Å². The average molecular weight is 388 g/mol. The van der Waals surface area contributed by atoms with Crippen molar-refractivity contribution in [1.29, 1.82) is 0 Å². The van der Waals surface area contributed by atoms with Gasteiger partial charge in [-0.2, -0.15) is 0 Å². The van der Waals surface area contributed by atoms with Crippen LogP contribution in [0.1, 0.15) is 24.1 Å². The smallest absolute Gasteiger partial charge is 0.256 e. The fraction of sp³-hybridized carbons (Fsp3) is 0.368. The first-order valence-corrected chi connectivity index (χ1v) is 9.79. The van der Waals surface area contributed by atoms with Crippen molar-refractivity contribution < 1.29 is 14.3 Å². The fourth-order valence-corrected chi connectivity index (χ4v) is 4.17. The summed E-state index contributed by atoms with van der Waals surface area (Å²) in [6.07, 6.45) is 5.04. The Balaban J connectivity index is 1.36. The molecule has 0 spiro atoms. The molecule has 0 bridgehead atoms. The van der Waals surface area contributed by atoms with E-state index in [9.17, 15) is 14.3 Å². The number of halogens is 1. The van der Waals surface area contributed by atoms with Crippen molar-refractivity contribution in [2.45, 2.75) is 31.5 Å². The summed E-state index contributed by atoms with van der Waals surface area (Å²) in [5.74, 6) is -0.583. The second kappa shape index (κ2) is 7.38. The molecule has 1 aliphatic heterocycles. The van der Waals surface area contributed by atoms with Gasteiger partial charge < -0.3 is 15.3 Å². The Bertz CT molecular complexity index is 910. The average Bonchev–Trinajstić information content (AvgIpc) is 3.23. The molecule has 4 rings (SSSR count). The number of nitrogens with one attached hydrogen (secondary N) is 1. The Morgan fingerprint density at radius 2 is 2.15 bits per heavy atom. The molecule has 6 nitrogen and oxygen atoms in total. The highest BCUT2D eigenvalue weighted by molar-refractivity contribution is 7.15. The van der Waals surface area contributed by atoms with Crippen LogP contribution >= 0.6 is 11.3 Å². The Kier molecular flexibility index (Phi) is 4.94. The number of likely N-dealkylation sites (tertiary alicyclic amines) is 1. The zero-order valence-electron chi connectivity index (χ0n) is 14.8. The molecule has 1 aliphatic rings. The number of benzene rings is 1. The van der Waals surface area contributed by atoms with Gasteiger partial charge in [0.15, 0.2) is 10.6 Å². The number of piperidine rings is 1. The number of fused-ring (bicyclic) bond motifs is 1. The molecule has 2 N–H and O–H groups in total. The SMILES string of the molecule is O=C1N(Cc2ccc(F)cc2)CCC[C@]1(O)CNCc1cn2ccsc2n1. The normalized spacial score (nSPS) is 20.5. The zero-order valence-corrected chi connectivity index (χ0v) is 15.6. The van der Waals surface area contributed by atoms with Gasteiger partial charge in [0.25, 0.3) is 5.91 Å². The van der Waals surface area contributed by atoms with E-state index in [2.05, 4.69) is 10.3 Å². The van der Waals surface area contributed by atoms with E-state index in [0.717, 1.165) is 22.6 Å². The van der Waals surface area contributed by atoms with E-state index in [4.69, 9.17) is 0 Å². The van der Waals surface area contributed by atoms with Crippen LogP contribution in [0.3, 0.4) is 0 Å². The van der Waals surface area contributed by atoms with Crippen LogP contribution in [-0.2, 0) is 17.9 Å². The van der Waals surface area contributed by atoms with Gasteiger partial charge in [0.2, 0.25) is 0 Å². The fourth-order valence-electron chi connectivity index (χ4n) is 3.45. The lowest BCUT2D eigenvalue weighted by Crippen LogP contribution is -2.57. The number of amides is 1. The summed E-state index contributed by atoms with van der Waals surface area (Å²) in [4.78, 5) is 19.9. The Morgan fingerprint density at radius 3 is 2.93 bits per heavy atom. The third kappa shape index (κ3) is 3.87. The lowest BCUT2D eigenvalue weighted by molar-refractivity contribution is -0.157. The molecule has 0 unspecified atom stereocenters. The minimum Gasteiger partial charge on any atom is -0.379 e. The van der Waals surface area contributed by atoms with E-state index >= 15 is 0 Å². The molecule has 8 heteroatoms. The van der Waals surface area contributed by atoms with Crippen molar-refractivity contribution in [3.05, 3.63) is 59.1 Å². The molecular formula is C19H21FN4O2S. The molecule has 0 radical (unpaired) electrons. The number of nitrogens with zero attached hydrogens (tertiary/aromatic N) is 3. The van der Waals surface area contributed by atoms with Crippen molar-refractivity contribution in [3.8, 4) is 0 Å². The highest BCUT2D eigenvalue weighted by Gasteiger charge is 2.41. The molecule has 1 fully saturated rings. The molecule has 3 heterocycles. The maximum Gasteiger partial charge on any atom is 0.256 e. The first kappa shape index (κ1) is 18.1.